The third-order valence-electron chi connectivity index (χ3n) is 4.06. The molecule has 0 N–H and O–H groups in total. The molecule has 1 nitrogen and oxygen atoms in total. The molecule has 0 fully saturated rings. The molecule has 0 aromatic carbocycles. The third kappa shape index (κ3) is 5.10. The number of nitriles is 1. The van der Waals surface area contributed by atoms with Crippen molar-refractivity contribution in [3.8, 4) is 6.07 Å². The lowest BCUT2D eigenvalue weighted by molar-refractivity contribution is -0.129. The van der Waals surface area contributed by atoms with Crippen LogP contribution in [0.3, 0.4) is 0 Å². The zero-order valence-corrected chi connectivity index (χ0v) is 12.2. The largest absolute Gasteiger partial charge is 0.389 e. The standard InChI is InChI=1S/C14H20F3NS/c1-11-12(10-18)4-3-5-13(11,2)6-8-19-9-7-14(15,16)17/h3-4,11-12H,5-9H2,1-2H3/t11-,12+,13-/m1/s1. The predicted octanol–water partition coefficient (Wildman–Crippen LogP) is 4.80. The van der Waals surface area contributed by atoms with E-state index in [0.29, 0.717) is 0 Å². The van der Waals surface area contributed by atoms with E-state index < -0.39 is 12.6 Å². The predicted molar refractivity (Wildman–Crippen MR) is 72.7 cm³/mol. The van der Waals surface area contributed by atoms with Crippen molar-refractivity contribution in [3.05, 3.63) is 12.2 Å². The molecule has 0 spiro atoms. The van der Waals surface area contributed by atoms with Gasteiger partial charge in [0.15, 0.2) is 0 Å². The molecule has 5 heteroatoms. The first-order valence-electron chi connectivity index (χ1n) is 6.49. The van der Waals surface area contributed by atoms with Crippen molar-refractivity contribution in [3.63, 3.8) is 0 Å². The van der Waals surface area contributed by atoms with E-state index in [1.165, 1.54) is 11.8 Å². The lowest BCUT2D eigenvalue weighted by atomic mass is 9.65. The Labute approximate surface area is 117 Å². The fourth-order valence-corrected chi connectivity index (χ4v) is 3.54. The molecule has 0 saturated carbocycles. The normalized spacial score (nSPS) is 31.2. The maximum atomic E-state index is 12.0. The first kappa shape index (κ1) is 16.4. The Morgan fingerprint density at radius 1 is 1.42 bits per heavy atom. The number of hydrogen-bond acceptors (Lipinski definition) is 2. The molecule has 0 aromatic rings. The number of hydrogen-bond donors (Lipinski definition) is 0. The second-order valence-electron chi connectivity index (χ2n) is 5.46. The molecular weight excluding hydrogens is 271 g/mol. The van der Waals surface area contributed by atoms with E-state index in [2.05, 4.69) is 19.9 Å². The van der Waals surface area contributed by atoms with Crippen molar-refractivity contribution < 1.29 is 13.2 Å². The van der Waals surface area contributed by atoms with Crippen LogP contribution in [0, 0.1) is 28.6 Å². The van der Waals surface area contributed by atoms with Gasteiger partial charge in [0.25, 0.3) is 0 Å². The van der Waals surface area contributed by atoms with Gasteiger partial charge in [-0.05, 0) is 29.9 Å². The van der Waals surface area contributed by atoms with Crippen LogP contribution in [0.4, 0.5) is 13.2 Å². The molecule has 0 heterocycles. The van der Waals surface area contributed by atoms with E-state index in [-0.39, 0.29) is 23.0 Å². The second kappa shape index (κ2) is 6.69. The van der Waals surface area contributed by atoms with Gasteiger partial charge in [-0.2, -0.15) is 30.2 Å². The highest BCUT2D eigenvalue weighted by atomic mass is 32.2. The monoisotopic (exact) mass is 291 g/mol. The van der Waals surface area contributed by atoms with Gasteiger partial charge in [-0.15, -0.1) is 0 Å². The van der Waals surface area contributed by atoms with Crippen molar-refractivity contribution >= 4 is 11.8 Å². The van der Waals surface area contributed by atoms with Gasteiger partial charge in [-0.1, -0.05) is 26.0 Å². The maximum absolute atomic E-state index is 12.0. The van der Waals surface area contributed by atoms with Crippen LogP contribution in [0.25, 0.3) is 0 Å². The molecule has 0 aromatic heterocycles. The van der Waals surface area contributed by atoms with Gasteiger partial charge in [0.05, 0.1) is 18.4 Å². The number of rotatable bonds is 5. The zero-order valence-electron chi connectivity index (χ0n) is 11.3. The van der Waals surface area contributed by atoms with Crippen LogP contribution in [0.2, 0.25) is 0 Å². The van der Waals surface area contributed by atoms with Crippen molar-refractivity contribution in [1.82, 2.24) is 0 Å². The molecule has 0 aliphatic heterocycles. The Morgan fingerprint density at radius 2 is 2.11 bits per heavy atom. The van der Waals surface area contributed by atoms with E-state index in [9.17, 15) is 13.2 Å². The molecule has 108 valence electrons. The van der Waals surface area contributed by atoms with Gasteiger partial charge in [0, 0.05) is 5.75 Å². The summed E-state index contributed by atoms with van der Waals surface area (Å²) in [6.07, 6.45) is 0.983. The lowest BCUT2D eigenvalue weighted by Gasteiger charge is -2.39. The molecule has 0 bridgehead atoms. The van der Waals surface area contributed by atoms with E-state index in [0.717, 1.165) is 18.6 Å². The fourth-order valence-electron chi connectivity index (χ4n) is 2.35. The molecule has 1 aliphatic carbocycles. The minimum absolute atomic E-state index is 0.0282. The molecule has 1 rings (SSSR count). The van der Waals surface area contributed by atoms with E-state index in [4.69, 9.17) is 5.26 Å². The highest BCUT2D eigenvalue weighted by molar-refractivity contribution is 7.99. The smallest absolute Gasteiger partial charge is 0.198 e. The average molecular weight is 291 g/mol. The summed E-state index contributed by atoms with van der Waals surface area (Å²) in [6, 6.07) is 2.29. The number of alkyl halides is 3. The highest BCUT2D eigenvalue weighted by Gasteiger charge is 2.36. The van der Waals surface area contributed by atoms with Crippen LogP contribution in [-0.4, -0.2) is 17.7 Å². The summed E-state index contributed by atoms with van der Waals surface area (Å²) in [6.45, 7) is 4.20. The summed E-state index contributed by atoms with van der Waals surface area (Å²) in [7, 11) is 0. The Hall–Kier alpha value is -0.630. The number of halogens is 3. The molecule has 3 atom stereocenters. The molecule has 19 heavy (non-hydrogen) atoms. The summed E-state index contributed by atoms with van der Waals surface area (Å²) < 4.78 is 36.0. The number of allylic oxidation sites excluding steroid dienone is 2. The Balaban J connectivity index is 2.36. The number of nitrogens with zero attached hydrogens (tertiary/aromatic N) is 1. The topological polar surface area (TPSA) is 23.8 Å². The summed E-state index contributed by atoms with van der Waals surface area (Å²) in [5.74, 6) is 1.04. The average Bonchev–Trinajstić information content (AvgIpc) is 2.31. The van der Waals surface area contributed by atoms with Crippen LogP contribution in [0.1, 0.15) is 33.1 Å². The van der Waals surface area contributed by atoms with Crippen LogP contribution in [-0.2, 0) is 0 Å². The van der Waals surface area contributed by atoms with Gasteiger partial charge in [-0.3, -0.25) is 0 Å². The van der Waals surface area contributed by atoms with Crippen LogP contribution in [0.15, 0.2) is 12.2 Å². The van der Waals surface area contributed by atoms with Crippen LogP contribution < -0.4 is 0 Å². The van der Waals surface area contributed by atoms with Crippen LogP contribution in [0.5, 0.6) is 0 Å². The Kier molecular flexibility index (Phi) is 5.79. The van der Waals surface area contributed by atoms with E-state index >= 15 is 0 Å². The van der Waals surface area contributed by atoms with Crippen molar-refractivity contribution in [1.29, 1.82) is 5.26 Å². The van der Waals surface area contributed by atoms with Gasteiger partial charge < -0.3 is 0 Å². The van der Waals surface area contributed by atoms with Gasteiger partial charge in [0.2, 0.25) is 0 Å². The quantitative estimate of drug-likeness (QED) is 0.536. The van der Waals surface area contributed by atoms with E-state index in [1.54, 1.807) is 0 Å². The van der Waals surface area contributed by atoms with E-state index in [1.807, 2.05) is 12.2 Å². The first-order chi connectivity index (χ1) is 8.78. The molecule has 0 saturated heterocycles. The first-order valence-corrected chi connectivity index (χ1v) is 7.65. The van der Waals surface area contributed by atoms with Crippen molar-refractivity contribution in [2.45, 2.75) is 39.3 Å². The summed E-state index contributed by atoms with van der Waals surface area (Å²) in [4.78, 5) is 0. The Bertz CT molecular complexity index is 359. The van der Waals surface area contributed by atoms with Crippen molar-refractivity contribution in [2.75, 3.05) is 11.5 Å². The highest BCUT2D eigenvalue weighted by Crippen LogP contribution is 2.43. The molecule has 0 unspecified atom stereocenters. The summed E-state index contributed by atoms with van der Waals surface area (Å²) in [5.41, 5.74) is 0.0282. The van der Waals surface area contributed by atoms with Gasteiger partial charge in [-0.25, -0.2) is 0 Å². The molecule has 0 amide bonds. The minimum atomic E-state index is -4.05. The number of thioether (sulfide) groups is 1. The lowest BCUT2D eigenvalue weighted by Crippen LogP contribution is -2.32. The molecule has 1 aliphatic rings. The second-order valence-corrected chi connectivity index (χ2v) is 6.68. The summed E-state index contributed by atoms with van der Waals surface area (Å²) in [5, 5.41) is 9.06. The van der Waals surface area contributed by atoms with Gasteiger partial charge >= 0.3 is 6.18 Å². The van der Waals surface area contributed by atoms with Gasteiger partial charge in [0.1, 0.15) is 0 Å². The minimum Gasteiger partial charge on any atom is -0.198 e. The fraction of sp³-hybridized carbons (Fsp3) is 0.786. The zero-order chi connectivity index (χ0) is 14.5. The van der Waals surface area contributed by atoms with Crippen molar-refractivity contribution in [2.24, 2.45) is 17.3 Å². The molecular formula is C14H20F3NS. The Morgan fingerprint density at radius 3 is 2.68 bits per heavy atom. The summed E-state index contributed by atoms with van der Waals surface area (Å²) >= 11 is 1.36. The third-order valence-corrected chi connectivity index (χ3v) is 5.05. The van der Waals surface area contributed by atoms with Crippen LogP contribution >= 0.6 is 11.8 Å². The SMILES string of the molecule is C[C@@H]1[C@H](C#N)C=CC[C@]1(C)CCSCCC(F)(F)F. The maximum Gasteiger partial charge on any atom is 0.389 e. The molecule has 0 radical (unpaired) electrons.